The highest BCUT2D eigenvalue weighted by molar-refractivity contribution is 5.29. The van der Waals surface area contributed by atoms with Gasteiger partial charge in [0, 0.05) is 6.04 Å². The molecule has 0 saturated heterocycles. The molecule has 1 unspecified atom stereocenters. The Morgan fingerprint density at radius 1 is 1.17 bits per heavy atom. The van der Waals surface area contributed by atoms with Gasteiger partial charge in [0.05, 0.1) is 5.56 Å². The van der Waals surface area contributed by atoms with Crippen molar-refractivity contribution < 1.29 is 13.2 Å². The zero-order valence-corrected chi connectivity index (χ0v) is 10.6. The van der Waals surface area contributed by atoms with Crippen LogP contribution in [-0.4, -0.2) is 6.04 Å². The smallest absolute Gasteiger partial charge is 0.328 e. The van der Waals surface area contributed by atoms with E-state index in [0.29, 0.717) is 18.4 Å². The van der Waals surface area contributed by atoms with Crippen molar-refractivity contribution in [3.63, 3.8) is 0 Å². The standard InChI is InChI=1S/C14H20F3N/c1-2-6-12(18)9-5-8-11-7-3-4-10-13(11)14(15,16)17/h3-4,7,10,12H,2,5-6,8-9,18H2,1H3. The highest BCUT2D eigenvalue weighted by Gasteiger charge is 2.32. The second-order valence-electron chi connectivity index (χ2n) is 4.60. The van der Waals surface area contributed by atoms with Crippen molar-refractivity contribution >= 4 is 0 Å². The number of halogens is 3. The van der Waals surface area contributed by atoms with Crippen LogP contribution in [0.15, 0.2) is 24.3 Å². The van der Waals surface area contributed by atoms with Crippen LogP contribution >= 0.6 is 0 Å². The van der Waals surface area contributed by atoms with Crippen LogP contribution in [-0.2, 0) is 12.6 Å². The van der Waals surface area contributed by atoms with Gasteiger partial charge in [0.2, 0.25) is 0 Å². The van der Waals surface area contributed by atoms with Gasteiger partial charge in [-0.05, 0) is 37.3 Å². The van der Waals surface area contributed by atoms with Gasteiger partial charge in [0.25, 0.3) is 0 Å². The van der Waals surface area contributed by atoms with Gasteiger partial charge in [0.15, 0.2) is 0 Å². The van der Waals surface area contributed by atoms with E-state index in [1.54, 1.807) is 12.1 Å². The lowest BCUT2D eigenvalue weighted by Crippen LogP contribution is -2.19. The van der Waals surface area contributed by atoms with Crippen LogP contribution in [0.4, 0.5) is 13.2 Å². The Kier molecular flexibility index (Phi) is 5.66. The van der Waals surface area contributed by atoms with Crippen LogP contribution in [0.5, 0.6) is 0 Å². The number of nitrogens with two attached hydrogens (primary N) is 1. The summed E-state index contributed by atoms with van der Waals surface area (Å²) in [6.45, 7) is 2.05. The van der Waals surface area contributed by atoms with E-state index in [1.807, 2.05) is 0 Å². The second-order valence-corrected chi connectivity index (χ2v) is 4.60. The average molecular weight is 259 g/mol. The van der Waals surface area contributed by atoms with E-state index in [4.69, 9.17) is 5.73 Å². The fourth-order valence-electron chi connectivity index (χ4n) is 2.08. The van der Waals surface area contributed by atoms with Gasteiger partial charge in [-0.15, -0.1) is 0 Å². The average Bonchev–Trinajstić information content (AvgIpc) is 2.28. The monoisotopic (exact) mass is 259 g/mol. The molecule has 2 N–H and O–H groups in total. The van der Waals surface area contributed by atoms with Crippen LogP contribution in [0.2, 0.25) is 0 Å². The number of hydrogen-bond acceptors (Lipinski definition) is 1. The van der Waals surface area contributed by atoms with Crippen LogP contribution in [0.1, 0.15) is 43.7 Å². The van der Waals surface area contributed by atoms with Crippen LogP contribution in [0.3, 0.4) is 0 Å². The molecule has 0 bridgehead atoms. The maximum Gasteiger partial charge on any atom is 0.416 e. The molecule has 18 heavy (non-hydrogen) atoms. The molecule has 0 aliphatic rings. The fraction of sp³-hybridized carbons (Fsp3) is 0.571. The molecule has 102 valence electrons. The minimum Gasteiger partial charge on any atom is -0.328 e. The first-order valence-corrected chi connectivity index (χ1v) is 6.35. The topological polar surface area (TPSA) is 26.0 Å². The summed E-state index contributed by atoms with van der Waals surface area (Å²) in [4.78, 5) is 0. The summed E-state index contributed by atoms with van der Waals surface area (Å²) in [5.41, 5.74) is 5.70. The molecule has 0 fully saturated rings. The Bertz CT molecular complexity index is 360. The van der Waals surface area contributed by atoms with Crippen molar-refractivity contribution in [1.82, 2.24) is 0 Å². The van der Waals surface area contributed by atoms with Crippen molar-refractivity contribution in [3.8, 4) is 0 Å². The maximum absolute atomic E-state index is 12.7. The van der Waals surface area contributed by atoms with Crippen molar-refractivity contribution in [2.45, 2.75) is 51.2 Å². The van der Waals surface area contributed by atoms with Gasteiger partial charge in [-0.2, -0.15) is 13.2 Å². The molecular formula is C14H20F3N. The highest BCUT2D eigenvalue weighted by Crippen LogP contribution is 2.32. The summed E-state index contributed by atoms with van der Waals surface area (Å²) < 4.78 is 38.2. The quantitative estimate of drug-likeness (QED) is 0.815. The summed E-state index contributed by atoms with van der Waals surface area (Å²) in [6.07, 6.45) is -0.398. The van der Waals surface area contributed by atoms with Gasteiger partial charge in [0.1, 0.15) is 0 Å². The molecule has 0 amide bonds. The predicted molar refractivity (Wildman–Crippen MR) is 67.3 cm³/mol. The molecule has 0 aliphatic carbocycles. The van der Waals surface area contributed by atoms with Gasteiger partial charge in [-0.3, -0.25) is 0 Å². The molecule has 0 radical (unpaired) electrons. The first kappa shape index (κ1) is 15.0. The minimum absolute atomic E-state index is 0.105. The zero-order chi connectivity index (χ0) is 13.6. The number of alkyl halides is 3. The SMILES string of the molecule is CCCC(N)CCCc1ccccc1C(F)(F)F. The van der Waals surface area contributed by atoms with E-state index in [0.717, 1.165) is 25.3 Å². The Hall–Kier alpha value is -1.03. The first-order valence-electron chi connectivity index (χ1n) is 6.35. The zero-order valence-electron chi connectivity index (χ0n) is 10.6. The molecule has 0 heterocycles. The summed E-state index contributed by atoms with van der Waals surface area (Å²) in [5.74, 6) is 0. The Morgan fingerprint density at radius 2 is 1.83 bits per heavy atom. The maximum atomic E-state index is 12.7. The van der Waals surface area contributed by atoms with E-state index in [9.17, 15) is 13.2 Å². The molecule has 1 aromatic carbocycles. The fourth-order valence-corrected chi connectivity index (χ4v) is 2.08. The molecule has 0 aromatic heterocycles. The molecular weight excluding hydrogens is 239 g/mol. The van der Waals surface area contributed by atoms with Gasteiger partial charge < -0.3 is 5.73 Å². The summed E-state index contributed by atoms with van der Waals surface area (Å²) in [6, 6.07) is 5.87. The molecule has 1 nitrogen and oxygen atoms in total. The van der Waals surface area contributed by atoms with Crippen molar-refractivity contribution in [2.75, 3.05) is 0 Å². The summed E-state index contributed by atoms with van der Waals surface area (Å²) in [7, 11) is 0. The van der Waals surface area contributed by atoms with Crippen molar-refractivity contribution in [1.29, 1.82) is 0 Å². The van der Waals surface area contributed by atoms with E-state index >= 15 is 0 Å². The van der Waals surface area contributed by atoms with Crippen LogP contribution < -0.4 is 5.73 Å². The highest BCUT2D eigenvalue weighted by atomic mass is 19.4. The molecule has 1 aromatic rings. The van der Waals surface area contributed by atoms with E-state index < -0.39 is 11.7 Å². The number of rotatable bonds is 6. The first-order chi connectivity index (χ1) is 8.45. The molecule has 0 aliphatic heterocycles. The third-order valence-electron chi connectivity index (χ3n) is 3.00. The molecule has 1 rings (SSSR count). The summed E-state index contributed by atoms with van der Waals surface area (Å²) >= 11 is 0. The normalized spacial score (nSPS) is 13.6. The molecule has 0 saturated carbocycles. The summed E-state index contributed by atoms with van der Waals surface area (Å²) in [5, 5.41) is 0. The molecule has 1 atom stereocenters. The Morgan fingerprint density at radius 3 is 2.44 bits per heavy atom. The van der Waals surface area contributed by atoms with E-state index in [2.05, 4.69) is 6.92 Å². The lowest BCUT2D eigenvalue weighted by Gasteiger charge is -2.14. The van der Waals surface area contributed by atoms with Crippen molar-refractivity contribution in [2.24, 2.45) is 5.73 Å². The number of hydrogen-bond donors (Lipinski definition) is 1. The van der Waals surface area contributed by atoms with Crippen LogP contribution in [0, 0.1) is 0 Å². The van der Waals surface area contributed by atoms with Gasteiger partial charge in [-0.25, -0.2) is 0 Å². The lowest BCUT2D eigenvalue weighted by molar-refractivity contribution is -0.138. The minimum atomic E-state index is -4.26. The van der Waals surface area contributed by atoms with Gasteiger partial charge in [-0.1, -0.05) is 31.5 Å². The van der Waals surface area contributed by atoms with E-state index in [1.165, 1.54) is 6.07 Å². The predicted octanol–water partition coefficient (Wildman–Crippen LogP) is 4.16. The van der Waals surface area contributed by atoms with Crippen LogP contribution in [0.25, 0.3) is 0 Å². The Labute approximate surface area is 106 Å². The number of aryl methyl sites for hydroxylation is 1. The van der Waals surface area contributed by atoms with E-state index in [-0.39, 0.29) is 6.04 Å². The third kappa shape index (κ3) is 4.69. The molecule has 0 spiro atoms. The largest absolute Gasteiger partial charge is 0.416 e. The molecule has 4 heteroatoms. The lowest BCUT2D eigenvalue weighted by atomic mass is 9.99. The van der Waals surface area contributed by atoms with Crippen molar-refractivity contribution in [3.05, 3.63) is 35.4 Å². The second kappa shape index (κ2) is 6.78. The number of benzene rings is 1. The van der Waals surface area contributed by atoms with Gasteiger partial charge >= 0.3 is 6.18 Å². The third-order valence-corrected chi connectivity index (χ3v) is 3.00. The Balaban J connectivity index is 2.57.